The molecule has 90 valence electrons. The van der Waals surface area contributed by atoms with Crippen molar-refractivity contribution in [2.75, 3.05) is 11.4 Å². The van der Waals surface area contributed by atoms with Crippen molar-refractivity contribution in [3.63, 3.8) is 0 Å². The third-order valence-electron chi connectivity index (χ3n) is 2.56. The maximum atomic E-state index is 12.8. The summed E-state index contributed by atoms with van der Waals surface area (Å²) >= 11 is 1.19. The van der Waals surface area contributed by atoms with Crippen molar-refractivity contribution in [3.8, 4) is 0 Å². The van der Waals surface area contributed by atoms with Crippen LogP contribution in [-0.2, 0) is 9.59 Å². The molecule has 3 nitrogen and oxygen atoms in total. The molecule has 5 heteroatoms. The van der Waals surface area contributed by atoms with E-state index in [1.807, 2.05) is 0 Å². The maximum absolute atomic E-state index is 12.8. The maximum Gasteiger partial charge on any atom is 0.228 e. The number of carbonyl (C=O) groups excluding carboxylic acids is 2. The number of carbonyl (C=O) groups is 2. The molecule has 1 saturated heterocycles. The Hall–Kier alpha value is -1.36. The van der Waals surface area contributed by atoms with Gasteiger partial charge in [0.1, 0.15) is 5.82 Å². The molecule has 1 unspecified atom stereocenters. The highest BCUT2D eigenvalue weighted by Crippen LogP contribution is 2.28. The minimum atomic E-state index is -0.324. The van der Waals surface area contributed by atoms with Gasteiger partial charge in [-0.05, 0) is 24.3 Å². The van der Waals surface area contributed by atoms with E-state index in [1.54, 1.807) is 17.0 Å². The Morgan fingerprint density at radius 2 is 2.06 bits per heavy atom. The lowest BCUT2D eigenvalue weighted by molar-refractivity contribution is -0.117. The number of anilines is 1. The van der Waals surface area contributed by atoms with Gasteiger partial charge < -0.3 is 4.90 Å². The van der Waals surface area contributed by atoms with Crippen molar-refractivity contribution in [2.45, 2.75) is 18.6 Å². The fourth-order valence-electron chi connectivity index (χ4n) is 1.86. The second kappa shape index (κ2) is 4.87. The standard InChI is InChI=1S/C12H12FNO2S/c1-8(15)17-11-6-12(16)14(7-11)10-4-2-9(13)3-5-10/h2-5,11H,6-7H2,1H3. The van der Waals surface area contributed by atoms with Gasteiger partial charge in [-0.3, -0.25) is 9.59 Å². The van der Waals surface area contributed by atoms with Crippen molar-refractivity contribution < 1.29 is 14.0 Å². The number of rotatable bonds is 2. The van der Waals surface area contributed by atoms with Crippen LogP contribution in [-0.4, -0.2) is 22.8 Å². The molecular formula is C12H12FNO2S. The van der Waals surface area contributed by atoms with Gasteiger partial charge in [0, 0.05) is 30.8 Å². The fraction of sp³-hybridized carbons (Fsp3) is 0.333. The predicted octanol–water partition coefficient (Wildman–Crippen LogP) is 2.21. The second-order valence-corrected chi connectivity index (χ2v) is 5.39. The number of nitrogens with zero attached hydrogens (tertiary/aromatic N) is 1. The molecule has 0 N–H and O–H groups in total. The molecule has 2 rings (SSSR count). The summed E-state index contributed by atoms with van der Waals surface area (Å²) in [5, 5.41) is 0.0220. The van der Waals surface area contributed by atoms with Gasteiger partial charge in [0.25, 0.3) is 0 Å². The molecule has 1 aromatic carbocycles. The third-order valence-corrected chi connectivity index (χ3v) is 3.54. The van der Waals surface area contributed by atoms with Gasteiger partial charge in [-0.2, -0.15) is 0 Å². The van der Waals surface area contributed by atoms with E-state index >= 15 is 0 Å². The Balaban J connectivity index is 2.10. The molecule has 0 spiro atoms. The summed E-state index contributed by atoms with van der Waals surface area (Å²) in [6.07, 6.45) is 0.363. The lowest BCUT2D eigenvalue weighted by Crippen LogP contribution is -2.24. The average Bonchev–Trinajstić information content (AvgIpc) is 2.59. The van der Waals surface area contributed by atoms with Crippen LogP contribution in [0.5, 0.6) is 0 Å². The van der Waals surface area contributed by atoms with Crippen LogP contribution in [0.2, 0.25) is 0 Å². The summed E-state index contributed by atoms with van der Waals surface area (Å²) in [6.45, 7) is 2.00. The summed E-state index contributed by atoms with van der Waals surface area (Å²) in [5.41, 5.74) is 0.683. The molecule has 1 heterocycles. The van der Waals surface area contributed by atoms with Gasteiger partial charge in [0.2, 0.25) is 5.91 Å². The normalized spacial score (nSPS) is 19.8. The molecule has 1 amide bonds. The van der Waals surface area contributed by atoms with Gasteiger partial charge >= 0.3 is 0 Å². The van der Waals surface area contributed by atoms with Crippen LogP contribution < -0.4 is 4.90 Å². The highest BCUT2D eigenvalue weighted by molar-refractivity contribution is 8.14. The quantitative estimate of drug-likeness (QED) is 0.811. The Labute approximate surface area is 103 Å². The van der Waals surface area contributed by atoms with Crippen LogP contribution >= 0.6 is 11.8 Å². The van der Waals surface area contributed by atoms with Crippen molar-refractivity contribution in [3.05, 3.63) is 30.1 Å². The monoisotopic (exact) mass is 253 g/mol. The summed E-state index contributed by atoms with van der Waals surface area (Å²) in [7, 11) is 0. The van der Waals surface area contributed by atoms with Crippen LogP contribution in [0.3, 0.4) is 0 Å². The van der Waals surface area contributed by atoms with Crippen LogP contribution in [0.1, 0.15) is 13.3 Å². The first kappa shape index (κ1) is 12.1. The van der Waals surface area contributed by atoms with E-state index in [1.165, 1.54) is 30.8 Å². The van der Waals surface area contributed by atoms with Gasteiger partial charge in [-0.25, -0.2) is 4.39 Å². The van der Waals surface area contributed by atoms with Crippen molar-refractivity contribution in [1.29, 1.82) is 0 Å². The van der Waals surface area contributed by atoms with E-state index in [0.29, 0.717) is 18.7 Å². The van der Waals surface area contributed by atoms with E-state index in [-0.39, 0.29) is 22.1 Å². The zero-order valence-corrected chi connectivity index (χ0v) is 10.2. The highest BCUT2D eigenvalue weighted by atomic mass is 32.2. The largest absolute Gasteiger partial charge is 0.311 e. The minimum absolute atomic E-state index is 0.00468. The smallest absolute Gasteiger partial charge is 0.228 e. The molecule has 1 fully saturated rings. The van der Waals surface area contributed by atoms with E-state index in [0.717, 1.165) is 0 Å². The zero-order chi connectivity index (χ0) is 12.4. The summed E-state index contributed by atoms with van der Waals surface area (Å²) in [6, 6.07) is 5.81. The predicted molar refractivity (Wildman–Crippen MR) is 65.4 cm³/mol. The number of hydrogen-bond donors (Lipinski definition) is 0. The van der Waals surface area contributed by atoms with Crippen LogP contribution in [0.15, 0.2) is 24.3 Å². The molecular weight excluding hydrogens is 241 g/mol. The fourth-order valence-corrected chi connectivity index (χ4v) is 2.78. The zero-order valence-electron chi connectivity index (χ0n) is 9.35. The molecule has 1 atom stereocenters. The third kappa shape index (κ3) is 2.85. The molecule has 0 radical (unpaired) electrons. The highest BCUT2D eigenvalue weighted by Gasteiger charge is 2.31. The molecule has 1 aliphatic heterocycles. The van der Waals surface area contributed by atoms with Gasteiger partial charge in [-0.1, -0.05) is 11.8 Å². The Kier molecular flexibility index (Phi) is 3.47. The molecule has 0 aliphatic carbocycles. The lowest BCUT2D eigenvalue weighted by Gasteiger charge is -2.16. The lowest BCUT2D eigenvalue weighted by atomic mass is 10.3. The van der Waals surface area contributed by atoms with E-state index in [2.05, 4.69) is 0 Å². The Morgan fingerprint density at radius 3 is 2.65 bits per heavy atom. The Bertz CT molecular complexity index is 446. The minimum Gasteiger partial charge on any atom is -0.311 e. The SMILES string of the molecule is CC(=O)SC1CC(=O)N(c2ccc(F)cc2)C1. The number of hydrogen-bond acceptors (Lipinski definition) is 3. The summed E-state index contributed by atoms with van der Waals surface area (Å²) in [5.74, 6) is -0.342. The summed E-state index contributed by atoms with van der Waals surface area (Å²) in [4.78, 5) is 24.3. The van der Waals surface area contributed by atoms with Crippen LogP contribution in [0.25, 0.3) is 0 Å². The Morgan fingerprint density at radius 1 is 1.41 bits per heavy atom. The van der Waals surface area contributed by atoms with Crippen LogP contribution in [0.4, 0.5) is 10.1 Å². The number of halogens is 1. The molecule has 17 heavy (non-hydrogen) atoms. The number of amides is 1. The molecule has 0 saturated carbocycles. The molecule has 0 bridgehead atoms. The average molecular weight is 253 g/mol. The van der Waals surface area contributed by atoms with Gasteiger partial charge in [0.15, 0.2) is 5.12 Å². The molecule has 0 aromatic heterocycles. The molecule has 1 aliphatic rings. The van der Waals surface area contributed by atoms with Crippen molar-refractivity contribution in [2.24, 2.45) is 0 Å². The number of thioether (sulfide) groups is 1. The van der Waals surface area contributed by atoms with E-state index < -0.39 is 0 Å². The summed E-state index contributed by atoms with van der Waals surface area (Å²) < 4.78 is 12.8. The first-order valence-electron chi connectivity index (χ1n) is 5.29. The van der Waals surface area contributed by atoms with Crippen molar-refractivity contribution >= 4 is 28.5 Å². The van der Waals surface area contributed by atoms with Crippen LogP contribution in [0, 0.1) is 5.82 Å². The second-order valence-electron chi connectivity index (χ2n) is 3.92. The topological polar surface area (TPSA) is 37.4 Å². The van der Waals surface area contributed by atoms with E-state index in [9.17, 15) is 14.0 Å². The first-order valence-corrected chi connectivity index (χ1v) is 6.17. The van der Waals surface area contributed by atoms with Gasteiger partial charge in [0.05, 0.1) is 0 Å². The molecule has 1 aromatic rings. The van der Waals surface area contributed by atoms with Gasteiger partial charge in [-0.15, -0.1) is 0 Å². The van der Waals surface area contributed by atoms with Crippen molar-refractivity contribution in [1.82, 2.24) is 0 Å². The van der Waals surface area contributed by atoms with E-state index in [4.69, 9.17) is 0 Å². The number of benzene rings is 1. The first-order chi connectivity index (χ1) is 8.06.